The number of thiophene rings is 4. The Bertz CT molecular complexity index is 4430. The van der Waals surface area contributed by atoms with Crippen LogP contribution < -0.4 is 19.6 Å². The topological polar surface area (TPSA) is 184 Å². The number of rotatable bonds is 8. The quantitative estimate of drug-likeness (QED) is 0.140. The normalized spacial score (nSPS) is 15.4. The third kappa shape index (κ3) is 13.6. The van der Waals surface area contributed by atoms with Gasteiger partial charge in [-0.25, -0.2) is 39.9 Å². The van der Waals surface area contributed by atoms with Gasteiger partial charge in [0, 0.05) is 151 Å². The lowest BCUT2D eigenvalue weighted by Gasteiger charge is -2.27. The number of ketones is 4. The lowest BCUT2D eigenvalue weighted by molar-refractivity contribution is -0.120. The van der Waals surface area contributed by atoms with E-state index in [1.54, 1.807) is 70.7 Å². The number of carbonyl (C=O) groups excluding carboxylic acids is 4. The molecule has 4 aliphatic heterocycles. The van der Waals surface area contributed by atoms with E-state index < -0.39 is 0 Å². The number of anilines is 4. The van der Waals surface area contributed by atoms with Crippen LogP contribution in [0.5, 0.6) is 0 Å². The van der Waals surface area contributed by atoms with E-state index in [2.05, 4.69) is 178 Å². The first-order valence-electron chi connectivity index (χ1n) is 30.4. The minimum Gasteiger partial charge on any atom is -0.355 e. The van der Waals surface area contributed by atoms with Gasteiger partial charge in [0.05, 0.1) is 21.5 Å². The highest BCUT2D eigenvalue weighted by molar-refractivity contribution is 9.10. The van der Waals surface area contributed by atoms with E-state index in [4.69, 9.17) is 0 Å². The van der Waals surface area contributed by atoms with Crippen molar-refractivity contribution in [3.05, 3.63) is 166 Å². The van der Waals surface area contributed by atoms with Gasteiger partial charge in [-0.3, -0.25) is 19.2 Å². The van der Waals surface area contributed by atoms with Crippen LogP contribution in [0.25, 0.3) is 85.4 Å². The molecule has 0 atom stereocenters. The molecule has 0 aliphatic carbocycles. The first kappa shape index (κ1) is 61.3. The number of carbonyl (C=O) groups is 4. The van der Waals surface area contributed by atoms with Crippen LogP contribution in [-0.2, 0) is 19.2 Å². The van der Waals surface area contributed by atoms with E-state index >= 15 is 0 Å². The van der Waals surface area contributed by atoms with Crippen LogP contribution in [-0.4, -0.2) is 115 Å². The number of hydrogen-bond donors (Lipinski definition) is 0. The molecule has 8 aromatic heterocycles. The summed E-state index contributed by atoms with van der Waals surface area (Å²) in [4.78, 5) is 96.1. The van der Waals surface area contributed by atoms with Crippen LogP contribution in [0.1, 0.15) is 61.8 Å². The van der Waals surface area contributed by atoms with E-state index in [1.165, 1.54) is 43.8 Å². The maximum absolute atomic E-state index is 11.5. The molecule has 0 bridgehead atoms. The largest absolute Gasteiger partial charge is 0.355 e. The second kappa shape index (κ2) is 27.9. The molecule has 4 aliphatic rings. The smallest absolute Gasteiger partial charge is 0.141 e. The predicted molar refractivity (Wildman–Crippen MR) is 374 cm³/mol. The molecule has 16 nitrogen and oxygen atoms in total. The lowest BCUT2D eigenvalue weighted by Crippen LogP contribution is -2.34. The van der Waals surface area contributed by atoms with E-state index in [1.807, 2.05) is 36.4 Å². The number of aromatic nitrogens is 8. The van der Waals surface area contributed by atoms with Gasteiger partial charge in [-0.05, 0) is 48.2 Å². The van der Waals surface area contributed by atoms with Crippen LogP contribution >= 0.6 is 61.3 Å². The summed E-state index contributed by atoms with van der Waals surface area (Å²) in [6.07, 6.45) is 11.4. The van der Waals surface area contributed by atoms with Gasteiger partial charge in [0.25, 0.3) is 0 Å². The van der Waals surface area contributed by atoms with Crippen molar-refractivity contribution in [2.75, 3.05) is 72.0 Å². The zero-order valence-corrected chi connectivity index (χ0v) is 55.1. The van der Waals surface area contributed by atoms with Gasteiger partial charge in [0.2, 0.25) is 0 Å². The van der Waals surface area contributed by atoms with Crippen molar-refractivity contribution in [2.24, 2.45) is 0 Å². The predicted octanol–water partition coefficient (Wildman–Crippen LogP) is 15.5. The zero-order valence-electron chi connectivity index (χ0n) is 50.3. The van der Waals surface area contributed by atoms with Gasteiger partial charge < -0.3 is 19.6 Å². The average Bonchev–Trinajstić information content (AvgIpc) is 1.76. The maximum Gasteiger partial charge on any atom is 0.141 e. The maximum atomic E-state index is 11.5. The molecule has 0 N–H and O–H groups in total. The summed E-state index contributed by atoms with van der Waals surface area (Å²) in [5.74, 6) is 5.19. The van der Waals surface area contributed by atoms with Gasteiger partial charge in [0.15, 0.2) is 0 Å². The Kier molecular flexibility index (Phi) is 18.8. The number of hydrogen-bond acceptors (Lipinski definition) is 20. The summed E-state index contributed by atoms with van der Waals surface area (Å²) in [7, 11) is 0. The van der Waals surface area contributed by atoms with Crippen molar-refractivity contribution < 1.29 is 19.2 Å². The fourth-order valence-electron chi connectivity index (χ4n) is 12.0. The number of piperidine rings is 4. The molecule has 91 heavy (non-hydrogen) atoms. The summed E-state index contributed by atoms with van der Waals surface area (Å²) in [6.45, 7) is 10.2. The molecule has 0 amide bonds. The van der Waals surface area contributed by atoms with Crippen molar-refractivity contribution in [3.8, 4) is 44.5 Å². The standard InChI is InChI=1S/2C18H17N3OS.C17H14BrN3OS.C17H15N3OS/c1-12-2-4-13(5-3-12)15-10-23-18-16(15)17(19-11-20-18)21-8-6-14(22)7-9-21;1-12-15(13-5-3-2-4-6-13)16-17(19-11-20-18(16)23-12)21-9-7-14(22)8-10-21;18-12-3-1-11(2-4-12)14-9-23-17-15(14)16(19-10-20-17)21-7-5-13(22)6-8-21;21-13-6-8-20(9-7-13)16-15-14(12-4-2-1-3-5-12)10-22-17(15)19-11-18-16/h2-5,10-11H,6-9H2,1H3;2-6,11H,7-10H2,1H3;1-4,9-10H,5-8H2;1-5,10-11H,6-9H2. The number of Topliss-reactive ketones (excluding diaryl/α,β-unsaturated/α-hetero) is 4. The molecule has 16 rings (SSSR count). The van der Waals surface area contributed by atoms with Crippen molar-refractivity contribution >= 4 is 149 Å². The Morgan fingerprint density at radius 2 is 0.659 bits per heavy atom. The number of benzene rings is 4. The monoisotopic (exact) mass is 1340 g/mol. The fourth-order valence-corrected chi connectivity index (χ4v) is 16.0. The van der Waals surface area contributed by atoms with E-state index in [9.17, 15) is 19.2 Å². The van der Waals surface area contributed by atoms with Crippen molar-refractivity contribution in [1.82, 2.24) is 39.9 Å². The molecule has 4 fully saturated rings. The Hall–Kier alpha value is -8.60. The average molecular weight is 1340 g/mol. The van der Waals surface area contributed by atoms with Crippen LogP contribution in [0.4, 0.5) is 23.3 Å². The summed E-state index contributed by atoms with van der Waals surface area (Å²) < 4.78 is 1.06. The van der Waals surface area contributed by atoms with Crippen molar-refractivity contribution in [3.63, 3.8) is 0 Å². The second-order valence-corrected chi connectivity index (χ2v) is 27.4. The number of nitrogens with zero attached hydrogens (tertiary/aromatic N) is 12. The van der Waals surface area contributed by atoms with Gasteiger partial charge in [-0.1, -0.05) is 119 Å². The highest BCUT2D eigenvalue weighted by Crippen LogP contribution is 2.44. The van der Waals surface area contributed by atoms with E-state index in [0.717, 1.165) is 132 Å². The zero-order chi connectivity index (χ0) is 62.4. The van der Waals surface area contributed by atoms with Gasteiger partial charge in [-0.15, -0.1) is 45.3 Å². The Balaban J connectivity index is 0.000000111. The lowest BCUT2D eigenvalue weighted by atomic mass is 10.0. The molecule has 12 aromatic rings. The number of fused-ring (bicyclic) bond motifs is 4. The van der Waals surface area contributed by atoms with Crippen molar-refractivity contribution in [1.29, 1.82) is 0 Å². The third-order valence-corrected chi connectivity index (χ3v) is 21.0. The summed E-state index contributed by atoms with van der Waals surface area (Å²) >= 11 is 10.1. The molecule has 0 saturated carbocycles. The molecule has 4 aromatic carbocycles. The van der Waals surface area contributed by atoms with Crippen LogP contribution in [0, 0.1) is 13.8 Å². The minimum absolute atomic E-state index is 0.338. The van der Waals surface area contributed by atoms with E-state index in [0.29, 0.717) is 74.5 Å². The van der Waals surface area contributed by atoms with E-state index in [-0.39, 0.29) is 0 Å². The summed E-state index contributed by atoms with van der Waals surface area (Å²) in [6, 6.07) is 37.6. The first-order chi connectivity index (χ1) is 44.5. The third-order valence-electron chi connectivity index (χ3n) is 16.8. The molecule has 4 saturated heterocycles. The highest BCUT2D eigenvalue weighted by atomic mass is 79.9. The Labute approximate surface area is 550 Å². The minimum atomic E-state index is 0.338. The van der Waals surface area contributed by atoms with Gasteiger partial charge in [0.1, 0.15) is 91.0 Å². The van der Waals surface area contributed by atoms with Gasteiger partial charge >= 0.3 is 0 Å². The number of aryl methyl sites for hydroxylation is 2. The van der Waals surface area contributed by atoms with Crippen LogP contribution in [0.3, 0.4) is 0 Å². The fraction of sp³-hybridized carbons (Fsp3) is 0.257. The number of halogens is 1. The molecular formula is C70H63BrN12O4S4. The molecule has 458 valence electrons. The Morgan fingerprint density at radius 3 is 1.02 bits per heavy atom. The highest BCUT2D eigenvalue weighted by Gasteiger charge is 2.27. The molecule has 0 unspecified atom stereocenters. The summed E-state index contributed by atoms with van der Waals surface area (Å²) in [5.41, 5.74) is 10.7. The second-order valence-electron chi connectivity index (χ2n) is 22.7. The molecule has 21 heteroatoms. The first-order valence-corrected chi connectivity index (χ1v) is 34.7. The van der Waals surface area contributed by atoms with Gasteiger partial charge in [-0.2, -0.15) is 0 Å². The van der Waals surface area contributed by atoms with Crippen molar-refractivity contribution in [2.45, 2.75) is 65.2 Å². The summed E-state index contributed by atoms with van der Waals surface area (Å²) in [5, 5.41) is 10.9. The molecule has 12 heterocycles. The molecular weight excluding hydrogens is 1280 g/mol. The van der Waals surface area contributed by atoms with Crippen LogP contribution in [0.15, 0.2) is 155 Å². The molecule has 0 radical (unpaired) electrons. The molecule has 0 spiro atoms. The van der Waals surface area contributed by atoms with Crippen LogP contribution in [0.2, 0.25) is 0 Å². The SMILES string of the molecule is Cc1ccc(-c2csc3ncnc(N4CCC(=O)CC4)c23)cc1.Cc1sc2ncnc(N3CCC(=O)CC3)c2c1-c1ccccc1.O=C1CCN(c2ncnc3scc(-c4ccc(Br)cc4)c23)CC1.O=C1CCN(c2ncnc3scc(-c4ccccc4)c23)CC1. The Morgan fingerprint density at radius 1 is 0.352 bits per heavy atom.